The Morgan fingerprint density at radius 1 is 0.940 bits per heavy atom. The fourth-order valence-corrected chi connectivity index (χ4v) is 7.83. The number of aromatic hydroxyl groups is 1. The van der Waals surface area contributed by atoms with Crippen LogP contribution in [0, 0.1) is 0 Å². The van der Waals surface area contributed by atoms with E-state index in [0.29, 0.717) is 28.0 Å². The number of amides is 2. The van der Waals surface area contributed by atoms with Crippen LogP contribution in [0.2, 0.25) is 0 Å². The van der Waals surface area contributed by atoms with Gasteiger partial charge in [-0.1, -0.05) is 24.8 Å². The quantitative estimate of drug-likeness (QED) is 0.167. The van der Waals surface area contributed by atoms with Gasteiger partial charge in [-0.2, -0.15) is 15.0 Å². The maximum Gasteiger partial charge on any atom is 0.322 e. The minimum absolute atomic E-state index is 0.0702. The molecule has 12 heteroatoms. The number of nitrogens with zero attached hydrogens (tertiary/aromatic N) is 6. The number of aromatic nitrogens is 3. The minimum Gasteiger partial charge on any atom is -0.507 e. The minimum atomic E-state index is -0.449. The van der Waals surface area contributed by atoms with E-state index in [1.165, 1.54) is 6.07 Å². The summed E-state index contributed by atoms with van der Waals surface area (Å²) in [6, 6.07) is 14.1. The number of imide groups is 1. The van der Waals surface area contributed by atoms with Crippen molar-refractivity contribution in [1.82, 2.24) is 25.2 Å². The molecule has 2 saturated heterocycles. The third-order valence-electron chi connectivity index (χ3n) is 9.68. The zero-order valence-corrected chi connectivity index (χ0v) is 29.3. The molecule has 0 spiro atoms. The number of rotatable bonds is 8. The number of phenolic OH excluding ortho intramolecular Hbond substituents is 1. The number of nitrogens with one attached hydrogen (secondary N) is 2. The van der Waals surface area contributed by atoms with Crippen LogP contribution < -0.4 is 25.2 Å². The standard InChI is InChI=1S/C38H44N8O4/c1-7-19-50-36-41-32(40-35(42-36)39-23-21-37(2,3)43-38(4,5)22-23)26-12-11-24(20-30(26)47)46-33(48)27-10-8-9-25-29(45-17-15-44(6)16-18-45)14-13-28(31(25)27)34(46)49/h7-14,20,23,43,47H,1,15-19,21-22H2,2-6H3,(H,39,40,41,42). The van der Waals surface area contributed by atoms with Gasteiger partial charge < -0.3 is 30.3 Å². The van der Waals surface area contributed by atoms with Crippen molar-refractivity contribution in [3.05, 3.63) is 72.3 Å². The lowest BCUT2D eigenvalue weighted by Gasteiger charge is -2.46. The number of likely N-dealkylation sites (N-methyl/N-ethyl adjacent to an activating group) is 1. The Bertz CT molecular complexity index is 1960. The number of piperazine rings is 1. The molecular formula is C38H44N8O4. The molecule has 260 valence electrons. The Hall–Kier alpha value is -5.07. The van der Waals surface area contributed by atoms with Crippen LogP contribution in [0.3, 0.4) is 0 Å². The summed E-state index contributed by atoms with van der Waals surface area (Å²) in [7, 11) is 2.11. The molecule has 0 bridgehead atoms. The average Bonchev–Trinajstić information content (AvgIpc) is 3.05. The van der Waals surface area contributed by atoms with Gasteiger partial charge >= 0.3 is 6.01 Å². The summed E-state index contributed by atoms with van der Waals surface area (Å²) in [6.07, 6.45) is 3.28. The van der Waals surface area contributed by atoms with Crippen LogP contribution in [0.5, 0.6) is 11.8 Å². The number of phenols is 1. The normalized spacial score (nSPS) is 19.1. The highest BCUT2D eigenvalue weighted by molar-refractivity contribution is 6.36. The first kappa shape index (κ1) is 33.4. The first-order valence-electron chi connectivity index (χ1n) is 17.1. The summed E-state index contributed by atoms with van der Waals surface area (Å²) in [6.45, 7) is 16.2. The van der Waals surface area contributed by atoms with Crippen LogP contribution in [0.15, 0.2) is 61.2 Å². The molecule has 4 heterocycles. The Kier molecular flexibility index (Phi) is 8.47. The number of carbonyl (C=O) groups is 2. The summed E-state index contributed by atoms with van der Waals surface area (Å²) < 4.78 is 5.71. The van der Waals surface area contributed by atoms with E-state index >= 15 is 0 Å². The van der Waals surface area contributed by atoms with Gasteiger partial charge in [0.25, 0.3) is 11.8 Å². The average molecular weight is 677 g/mol. The molecule has 0 aliphatic carbocycles. The number of hydrogen-bond acceptors (Lipinski definition) is 11. The second kappa shape index (κ2) is 12.7. The summed E-state index contributed by atoms with van der Waals surface area (Å²) in [5.74, 6) is -0.599. The third kappa shape index (κ3) is 6.36. The first-order chi connectivity index (χ1) is 23.8. The highest BCUT2D eigenvalue weighted by atomic mass is 16.5. The number of carbonyl (C=O) groups excluding carboxylic acids is 2. The molecule has 12 nitrogen and oxygen atoms in total. The van der Waals surface area contributed by atoms with Crippen molar-refractivity contribution >= 4 is 39.9 Å². The lowest BCUT2D eigenvalue weighted by molar-refractivity contribution is 0.0893. The van der Waals surface area contributed by atoms with Crippen LogP contribution >= 0.6 is 0 Å². The smallest absolute Gasteiger partial charge is 0.322 e. The van der Waals surface area contributed by atoms with E-state index in [9.17, 15) is 14.7 Å². The molecule has 4 aromatic rings. The zero-order chi connectivity index (χ0) is 35.4. The molecule has 50 heavy (non-hydrogen) atoms. The number of ether oxygens (including phenoxy) is 1. The van der Waals surface area contributed by atoms with E-state index in [2.05, 4.69) is 76.7 Å². The summed E-state index contributed by atoms with van der Waals surface area (Å²) >= 11 is 0. The number of piperidine rings is 1. The van der Waals surface area contributed by atoms with E-state index in [1.54, 1.807) is 24.3 Å². The highest BCUT2D eigenvalue weighted by Gasteiger charge is 2.38. The van der Waals surface area contributed by atoms with E-state index in [-0.39, 0.29) is 47.0 Å². The van der Waals surface area contributed by atoms with Crippen LogP contribution in [0.25, 0.3) is 22.2 Å². The van der Waals surface area contributed by atoms with E-state index < -0.39 is 11.8 Å². The second-order valence-electron chi connectivity index (χ2n) is 14.8. The van der Waals surface area contributed by atoms with Gasteiger partial charge in [-0.25, -0.2) is 4.90 Å². The maximum atomic E-state index is 14.0. The molecule has 1 aromatic heterocycles. The van der Waals surface area contributed by atoms with Crippen molar-refractivity contribution in [2.24, 2.45) is 0 Å². The molecule has 3 aromatic carbocycles. The van der Waals surface area contributed by atoms with Crippen molar-refractivity contribution < 1.29 is 19.4 Å². The van der Waals surface area contributed by atoms with E-state index in [0.717, 1.165) is 55.0 Å². The van der Waals surface area contributed by atoms with Crippen molar-refractivity contribution in [2.75, 3.05) is 55.0 Å². The van der Waals surface area contributed by atoms with E-state index in [4.69, 9.17) is 4.74 Å². The molecule has 2 amide bonds. The Labute approximate surface area is 292 Å². The molecule has 3 aliphatic rings. The van der Waals surface area contributed by atoms with Crippen molar-refractivity contribution in [3.63, 3.8) is 0 Å². The lowest BCUT2D eigenvalue weighted by Crippen LogP contribution is -2.60. The largest absolute Gasteiger partial charge is 0.507 e. The third-order valence-corrected chi connectivity index (χ3v) is 9.68. The topological polar surface area (TPSA) is 136 Å². The van der Waals surface area contributed by atoms with Crippen molar-refractivity contribution in [2.45, 2.75) is 57.7 Å². The predicted molar refractivity (Wildman–Crippen MR) is 195 cm³/mol. The molecule has 0 saturated carbocycles. The summed E-state index contributed by atoms with van der Waals surface area (Å²) in [5, 5.41) is 20.1. The van der Waals surface area contributed by atoms with Crippen LogP contribution in [0.4, 0.5) is 17.3 Å². The zero-order valence-electron chi connectivity index (χ0n) is 29.3. The Morgan fingerprint density at radius 2 is 1.62 bits per heavy atom. The summed E-state index contributed by atoms with van der Waals surface area (Å²) in [4.78, 5) is 47.4. The summed E-state index contributed by atoms with van der Waals surface area (Å²) in [5.41, 5.74) is 2.23. The fraction of sp³-hybridized carbons (Fsp3) is 0.395. The predicted octanol–water partition coefficient (Wildman–Crippen LogP) is 5.24. The van der Waals surface area contributed by atoms with Gasteiger partial charge in [0.15, 0.2) is 5.82 Å². The monoisotopic (exact) mass is 676 g/mol. The molecule has 3 N–H and O–H groups in total. The Balaban J connectivity index is 1.20. The van der Waals surface area contributed by atoms with Gasteiger partial charge in [0, 0.05) is 77.0 Å². The van der Waals surface area contributed by atoms with Crippen molar-refractivity contribution in [1.29, 1.82) is 0 Å². The molecule has 7 rings (SSSR count). The van der Waals surface area contributed by atoms with E-state index in [1.807, 2.05) is 24.3 Å². The highest BCUT2D eigenvalue weighted by Crippen LogP contribution is 2.40. The molecular weight excluding hydrogens is 632 g/mol. The van der Waals surface area contributed by atoms with Crippen molar-refractivity contribution in [3.8, 4) is 23.1 Å². The van der Waals surface area contributed by atoms with Crippen LogP contribution in [-0.2, 0) is 0 Å². The van der Waals surface area contributed by atoms with Gasteiger partial charge in [0.2, 0.25) is 5.95 Å². The number of benzene rings is 3. The molecule has 0 unspecified atom stereocenters. The SMILES string of the molecule is C=CCOc1nc(NC2CC(C)(C)NC(C)(C)C2)nc(-c2ccc(N3C(=O)c4cccc5c(N6CCN(C)CC6)ccc(c45)C3=O)cc2O)n1. The van der Waals surface area contributed by atoms with Gasteiger partial charge in [-0.3, -0.25) is 9.59 Å². The second-order valence-corrected chi connectivity index (χ2v) is 14.8. The number of anilines is 3. The van der Waals surface area contributed by atoms with Gasteiger partial charge in [0.05, 0.1) is 11.3 Å². The molecule has 0 radical (unpaired) electrons. The first-order valence-corrected chi connectivity index (χ1v) is 17.1. The Morgan fingerprint density at radius 3 is 2.30 bits per heavy atom. The fourth-order valence-electron chi connectivity index (χ4n) is 7.83. The van der Waals surface area contributed by atoms with Gasteiger partial charge in [-0.05, 0) is 77.9 Å². The lowest BCUT2D eigenvalue weighted by atomic mass is 9.80. The van der Waals surface area contributed by atoms with Crippen LogP contribution in [-0.4, -0.2) is 93.7 Å². The molecule has 3 aliphatic heterocycles. The number of hydrogen-bond donors (Lipinski definition) is 3. The maximum absolute atomic E-state index is 14.0. The van der Waals surface area contributed by atoms with Crippen LogP contribution in [0.1, 0.15) is 61.3 Å². The van der Waals surface area contributed by atoms with Gasteiger partial charge in [-0.15, -0.1) is 0 Å². The molecule has 0 atom stereocenters. The molecule has 2 fully saturated rings. The van der Waals surface area contributed by atoms with Gasteiger partial charge in [0.1, 0.15) is 12.4 Å².